The molecule has 5 N–H and O–H groups in total. The maximum Gasteiger partial charge on any atom is 0.311 e. The molecule has 1 aliphatic heterocycles. The number of benzene rings is 2. The van der Waals surface area contributed by atoms with Gasteiger partial charge < -0.3 is 26.0 Å². The number of esters is 2. The molecule has 2 aromatic carbocycles. The van der Waals surface area contributed by atoms with Crippen LogP contribution in [0.1, 0.15) is 73.1 Å². The van der Waals surface area contributed by atoms with Crippen molar-refractivity contribution >= 4 is 33.2 Å². The van der Waals surface area contributed by atoms with E-state index in [0.29, 0.717) is 35.5 Å². The normalized spacial score (nSPS) is 27.4. The number of fused-ring (bicyclic) bond motifs is 1. The quantitative estimate of drug-likeness (QED) is 0.218. The highest BCUT2D eigenvalue weighted by Crippen LogP contribution is 2.45. The van der Waals surface area contributed by atoms with Gasteiger partial charge in [-0.1, -0.05) is 39.0 Å². The van der Waals surface area contributed by atoms with Gasteiger partial charge in [0.05, 0.1) is 27.7 Å². The van der Waals surface area contributed by atoms with E-state index in [2.05, 4.69) is 32.1 Å². The van der Waals surface area contributed by atoms with Crippen LogP contribution in [-0.4, -0.2) is 43.8 Å². The number of nitrogen functional groups attached to an aromatic ring is 2. The molecule has 0 radical (unpaired) electrons. The Kier molecular flexibility index (Phi) is 11.6. The molecule has 47 heavy (non-hydrogen) atoms. The Morgan fingerprint density at radius 3 is 2.09 bits per heavy atom. The summed E-state index contributed by atoms with van der Waals surface area (Å²) in [5.74, 6) is 0.776. The molecule has 3 aliphatic rings. The van der Waals surface area contributed by atoms with Gasteiger partial charge in [0.2, 0.25) is 9.84 Å². The van der Waals surface area contributed by atoms with E-state index in [-0.39, 0.29) is 46.3 Å². The summed E-state index contributed by atoms with van der Waals surface area (Å²) in [5.41, 5.74) is 12.9. The Morgan fingerprint density at radius 1 is 0.979 bits per heavy atom. The van der Waals surface area contributed by atoms with Crippen LogP contribution in [0.5, 0.6) is 0 Å². The van der Waals surface area contributed by atoms with Gasteiger partial charge in [0.15, 0.2) is 0 Å². The molecule has 256 valence electrons. The Hall–Kier alpha value is -3.63. The number of hydrogen-bond donors (Lipinski definition) is 3. The lowest BCUT2D eigenvalue weighted by molar-refractivity contribution is -0.166. The molecule has 9 nitrogen and oxygen atoms in total. The van der Waals surface area contributed by atoms with Crippen LogP contribution in [0.4, 0.5) is 11.4 Å². The van der Waals surface area contributed by atoms with Crippen molar-refractivity contribution in [2.24, 2.45) is 29.1 Å². The van der Waals surface area contributed by atoms with Gasteiger partial charge in [-0.15, -0.1) is 0 Å². The number of carbonyl (C=O) groups is 2. The summed E-state index contributed by atoms with van der Waals surface area (Å²) in [6, 6.07) is 12.2. The fraction of sp³-hybridized carbons (Fsp3) is 0.514. The minimum absolute atomic E-state index is 0.0949. The van der Waals surface area contributed by atoms with Crippen molar-refractivity contribution in [1.29, 1.82) is 0 Å². The Bertz CT molecular complexity index is 1510. The molecule has 0 spiro atoms. The van der Waals surface area contributed by atoms with Crippen LogP contribution in [-0.2, 0) is 28.9 Å². The molecule has 0 aromatic heterocycles. The monoisotopic (exact) mass is 666 g/mol. The highest BCUT2D eigenvalue weighted by molar-refractivity contribution is 7.91. The lowest BCUT2D eigenvalue weighted by Gasteiger charge is -2.44. The third kappa shape index (κ3) is 9.05. The molecule has 0 amide bonds. The molecule has 5 rings (SSSR count). The average Bonchev–Trinajstić information content (AvgIpc) is 3.01. The summed E-state index contributed by atoms with van der Waals surface area (Å²) in [4.78, 5) is 25.0. The van der Waals surface area contributed by atoms with Crippen molar-refractivity contribution in [2.45, 2.75) is 101 Å². The fourth-order valence-corrected chi connectivity index (χ4v) is 7.77. The molecule has 7 atom stereocenters. The van der Waals surface area contributed by atoms with E-state index in [4.69, 9.17) is 20.9 Å². The molecule has 1 saturated heterocycles. The van der Waals surface area contributed by atoms with E-state index in [1.54, 1.807) is 24.3 Å². The minimum Gasteiger partial charge on any atom is -0.462 e. The number of nitrogens with two attached hydrogens (primary N) is 2. The van der Waals surface area contributed by atoms with Gasteiger partial charge in [-0.05, 0) is 111 Å². The van der Waals surface area contributed by atoms with Crippen LogP contribution in [0.15, 0.2) is 82.1 Å². The molecule has 2 aromatic rings. The van der Waals surface area contributed by atoms with Gasteiger partial charge in [0.25, 0.3) is 0 Å². The molecule has 0 bridgehead atoms. The van der Waals surface area contributed by atoms with Crippen molar-refractivity contribution < 1.29 is 32.6 Å². The number of carbonyl (C=O) groups excluding carboxylic acids is 2. The number of rotatable bonds is 8. The summed E-state index contributed by atoms with van der Waals surface area (Å²) < 4.78 is 36.0. The van der Waals surface area contributed by atoms with Crippen LogP contribution in [0.2, 0.25) is 0 Å². The second-order valence-electron chi connectivity index (χ2n) is 13.9. The van der Waals surface area contributed by atoms with Crippen LogP contribution in [0, 0.1) is 29.1 Å². The van der Waals surface area contributed by atoms with E-state index in [0.717, 1.165) is 25.7 Å². The second kappa shape index (κ2) is 15.1. The molecule has 2 aliphatic carbocycles. The number of ether oxygens (including phenoxy) is 2. The van der Waals surface area contributed by atoms with Crippen molar-refractivity contribution in [2.75, 3.05) is 11.5 Å². The van der Waals surface area contributed by atoms with Crippen LogP contribution < -0.4 is 11.5 Å². The van der Waals surface area contributed by atoms with E-state index >= 15 is 0 Å². The molecule has 10 heteroatoms. The lowest BCUT2D eigenvalue weighted by Crippen LogP contribution is -2.43. The number of cyclic esters (lactones) is 1. The van der Waals surface area contributed by atoms with E-state index in [1.807, 2.05) is 20.8 Å². The van der Waals surface area contributed by atoms with E-state index in [1.165, 1.54) is 29.8 Å². The third-order valence-electron chi connectivity index (χ3n) is 9.73. The zero-order chi connectivity index (χ0) is 34.5. The van der Waals surface area contributed by atoms with Crippen molar-refractivity contribution in [3.63, 3.8) is 0 Å². The first-order valence-corrected chi connectivity index (χ1v) is 18.0. The van der Waals surface area contributed by atoms with Crippen molar-refractivity contribution in [3.8, 4) is 0 Å². The van der Waals surface area contributed by atoms with Gasteiger partial charge in [-0.3, -0.25) is 9.59 Å². The first-order valence-electron chi connectivity index (χ1n) is 16.6. The van der Waals surface area contributed by atoms with Gasteiger partial charge in [0, 0.05) is 23.7 Å². The summed E-state index contributed by atoms with van der Waals surface area (Å²) in [6.07, 6.45) is 9.61. The molecule has 0 unspecified atom stereocenters. The molecule has 1 fully saturated rings. The largest absolute Gasteiger partial charge is 0.462 e. The predicted molar refractivity (Wildman–Crippen MR) is 183 cm³/mol. The lowest BCUT2D eigenvalue weighted by atomic mass is 9.65. The maximum absolute atomic E-state index is 12.9. The standard InChI is InChI=1S/C25H38O5.C12H12N2O2S/c1-6-25(4,5)24(28)30-21-12-15(2)11-17-8-7-16(3)20(23(17)21)10-9-19-13-18(26)14-22(27)29-19;13-9-1-5-11(6-2-9)17(15,16)12-7-3-10(14)4-8-12/h7-8,11,15-16,18-21,23,26H,6,9-10,12-14H2,1-5H3;1-8H,13-14H2/t15-,16-,18+,19+,20-,21-,23-;/m0./s1. The number of hydrogen-bond acceptors (Lipinski definition) is 9. The number of allylic oxidation sites excluding steroid dienone is 3. The Labute approximate surface area is 279 Å². The van der Waals surface area contributed by atoms with E-state index in [9.17, 15) is 23.1 Å². The predicted octanol–water partition coefficient (Wildman–Crippen LogP) is 6.27. The summed E-state index contributed by atoms with van der Waals surface area (Å²) >= 11 is 0. The van der Waals surface area contributed by atoms with Gasteiger partial charge >= 0.3 is 11.9 Å². The number of anilines is 2. The Balaban J connectivity index is 0.000000248. The van der Waals surface area contributed by atoms with E-state index < -0.39 is 21.4 Å². The highest BCUT2D eigenvalue weighted by atomic mass is 32.2. The number of aliphatic hydroxyl groups excluding tert-OH is 1. The zero-order valence-electron chi connectivity index (χ0n) is 28.1. The SMILES string of the molecule is CCC(C)(C)C(=O)O[C@H]1C[C@@H](C)C=C2C=C[C@H](C)[C@H](CC[C@@H]3C[C@@H](O)CC(=O)O3)[C@H]21.Nc1ccc(S(=O)(=O)c2ccc(N)cc2)cc1. The topological polar surface area (TPSA) is 159 Å². The first kappa shape index (κ1) is 36.2. The fourth-order valence-electron chi connectivity index (χ4n) is 6.51. The van der Waals surface area contributed by atoms with Gasteiger partial charge in [-0.25, -0.2) is 8.42 Å². The van der Waals surface area contributed by atoms with Gasteiger partial charge in [-0.2, -0.15) is 0 Å². The smallest absolute Gasteiger partial charge is 0.311 e. The zero-order valence-corrected chi connectivity index (χ0v) is 28.9. The van der Waals surface area contributed by atoms with Crippen LogP contribution in [0.3, 0.4) is 0 Å². The summed E-state index contributed by atoms with van der Waals surface area (Å²) in [7, 11) is -3.48. The Morgan fingerprint density at radius 2 is 1.55 bits per heavy atom. The summed E-state index contributed by atoms with van der Waals surface area (Å²) in [5, 5.41) is 9.92. The average molecular weight is 667 g/mol. The second-order valence-corrected chi connectivity index (χ2v) is 15.8. The third-order valence-corrected chi connectivity index (χ3v) is 11.5. The summed E-state index contributed by atoms with van der Waals surface area (Å²) in [6.45, 7) is 10.3. The molecular weight excluding hydrogens is 616 g/mol. The number of sulfone groups is 1. The van der Waals surface area contributed by atoms with Crippen LogP contribution >= 0.6 is 0 Å². The maximum atomic E-state index is 12.9. The van der Waals surface area contributed by atoms with Crippen molar-refractivity contribution in [1.82, 2.24) is 0 Å². The molecule has 0 saturated carbocycles. The number of aliphatic hydroxyl groups is 1. The van der Waals surface area contributed by atoms with Crippen LogP contribution in [0.25, 0.3) is 0 Å². The van der Waals surface area contributed by atoms with Gasteiger partial charge in [0.1, 0.15) is 12.2 Å². The molecular formula is C37H50N2O7S. The first-order chi connectivity index (χ1) is 22.1. The highest BCUT2D eigenvalue weighted by Gasteiger charge is 2.43. The molecule has 1 heterocycles. The van der Waals surface area contributed by atoms with Crippen molar-refractivity contribution in [3.05, 3.63) is 72.3 Å². The minimum atomic E-state index is -3.48.